The second kappa shape index (κ2) is 18.7. The first-order valence-electron chi connectivity index (χ1n) is 21.2. The van der Waals surface area contributed by atoms with Crippen molar-refractivity contribution in [3.63, 3.8) is 0 Å². The van der Waals surface area contributed by atoms with Crippen LogP contribution in [0.25, 0.3) is 0 Å². The molecular formula is C48H42ClF6N9O4. The normalized spacial score (nSPS) is 18.5. The minimum absolute atomic E-state index is 0. The first-order chi connectivity index (χ1) is 31.8. The zero-order chi connectivity index (χ0) is 48.0. The largest absolute Gasteiger partial charge is 1.00 e. The molecule has 68 heavy (non-hydrogen) atoms. The number of anilines is 2. The van der Waals surface area contributed by atoms with Gasteiger partial charge in [0.05, 0.1) is 121 Å². The Hall–Kier alpha value is -7.35. The highest BCUT2D eigenvalue weighted by molar-refractivity contribution is 6.08. The summed E-state index contributed by atoms with van der Waals surface area (Å²) in [6.07, 6.45) is -8.40. The summed E-state index contributed by atoms with van der Waals surface area (Å²) in [5, 5.41) is 24.2. The minimum atomic E-state index is -4.68. The van der Waals surface area contributed by atoms with Crippen molar-refractivity contribution in [1.29, 1.82) is 10.5 Å². The van der Waals surface area contributed by atoms with Crippen LogP contribution in [0.15, 0.2) is 120 Å². The zero-order valence-electron chi connectivity index (χ0n) is 36.5. The van der Waals surface area contributed by atoms with Crippen molar-refractivity contribution in [2.45, 2.75) is 37.3 Å². The SMILES string of the molecule is C[N+](C)(CCCN1CC2=C(C1=O)[C@@H](c1ccc(C#N)cc1)NC(=O)N2c1cccc(C(F)(F)F)c1)CCCN1CC2=C(C1=O)[C@@H](c1ccc(C#N)cc1)NC(=O)N2c1cccc(C(F)(F)F)c1.[Cl-]. The molecule has 0 unspecified atom stereocenters. The van der Waals surface area contributed by atoms with E-state index >= 15 is 0 Å². The smallest absolute Gasteiger partial charge is 0.416 e. The number of nitrogens with zero attached hydrogens (tertiary/aromatic N) is 7. The van der Waals surface area contributed by atoms with Crippen LogP contribution >= 0.6 is 0 Å². The zero-order valence-corrected chi connectivity index (χ0v) is 37.2. The molecule has 0 aliphatic carbocycles. The molecule has 0 saturated heterocycles. The number of hydrogen-bond donors (Lipinski definition) is 2. The first-order valence-corrected chi connectivity index (χ1v) is 21.2. The summed E-state index contributed by atoms with van der Waals surface area (Å²) < 4.78 is 83.1. The molecule has 8 rings (SSSR count). The van der Waals surface area contributed by atoms with Gasteiger partial charge < -0.3 is 37.3 Å². The second-order valence-corrected chi connectivity index (χ2v) is 17.3. The average molecular weight is 958 g/mol. The third-order valence-electron chi connectivity index (χ3n) is 12.4. The molecule has 4 aromatic rings. The van der Waals surface area contributed by atoms with Gasteiger partial charge in [0.1, 0.15) is 0 Å². The lowest BCUT2D eigenvalue weighted by molar-refractivity contribution is -0.890. The Morgan fingerprint density at radius 1 is 0.603 bits per heavy atom. The molecule has 0 radical (unpaired) electrons. The Morgan fingerprint density at radius 2 is 0.971 bits per heavy atom. The van der Waals surface area contributed by atoms with Crippen molar-refractivity contribution in [3.05, 3.63) is 153 Å². The third-order valence-corrected chi connectivity index (χ3v) is 12.4. The lowest BCUT2D eigenvalue weighted by Gasteiger charge is -2.34. The lowest BCUT2D eigenvalue weighted by atomic mass is 9.94. The highest BCUT2D eigenvalue weighted by atomic mass is 35.5. The third kappa shape index (κ3) is 9.58. The Morgan fingerprint density at radius 3 is 1.31 bits per heavy atom. The molecule has 2 atom stereocenters. The topological polar surface area (TPSA) is 153 Å². The van der Waals surface area contributed by atoms with Gasteiger partial charge in [-0.1, -0.05) is 36.4 Å². The van der Waals surface area contributed by atoms with Crippen molar-refractivity contribution >= 4 is 35.3 Å². The fourth-order valence-electron chi connectivity index (χ4n) is 9.03. The molecule has 4 heterocycles. The van der Waals surface area contributed by atoms with Crippen molar-refractivity contribution < 1.29 is 62.4 Å². The van der Waals surface area contributed by atoms with Gasteiger partial charge in [0.15, 0.2) is 0 Å². The van der Waals surface area contributed by atoms with Crippen LogP contribution in [0.1, 0.15) is 58.3 Å². The fourth-order valence-corrected chi connectivity index (χ4v) is 9.03. The minimum Gasteiger partial charge on any atom is -1.00 e. The van der Waals surface area contributed by atoms with Gasteiger partial charge in [-0.05, 0) is 71.8 Å². The average Bonchev–Trinajstić information content (AvgIpc) is 3.79. The van der Waals surface area contributed by atoms with E-state index in [0.29, 0.717) is 52.7 Å². The van der Waals surface area contributed by atoms with Crippen LogP contribution in [0.5, 0.6) is 0 Å². The lowest BCUT2D eigenvalue weighted by Crippen LogP contribution is -3.00. The molecule has 20 heteroatoms. The number of benzene rings is 4. The van der Waals surface area contributed by atoms with Crippen LogP contribution in [0, 0.1) is 22.7 Å². The number of alkyl halides is 6. The van der Waals surface area contributed by atoms with Crippen LogP contribution in [-0.2, 0) is 21.9 Å². The van der Waals surface area contributed by atoms with Crippen LogP contribution in [0.3, 0.4) is 0 Å². The molecule has 2 N–H and O–H groups in total. The first kappa shape index (κ1) is 48.6. The van der Waals surface area contributed by atoms with E-state index in [1.807, 2.05) is 26.2 Å². The molecule has 6 amide bonds. The van der Waals surface area contributed by atoms with Gasteiger partial charge in [0, 0.05) is 25.9 Å². The summed E-state index contributed by atoms with van der Waals surface area (Å²) in [6, 6.07) is 22.0. The molecule has 0 aromatic heterocycles. The monoisotopic (exact) mass is 957 g/mol. The van der Waals surface area contributed by atoms with Gasteiger partial charge in [-0.3, -0.25) is 19.4 Å². The Balaban J connectivity index is 0.00000684. The Kier molecular flexibility index (Phi) is 13.4. The summed E-state index contributed by atoms with van der Waals surface area (Å²) >= 11 is 0. The van der Waals surface area contributed by atoms with Crippen molar-refractivity contribution in [3.8, 4) is 12.1 Å². The highest BCUT2D eigenvalue weighted by Gasteiger charge is 2.47. The van der Waals surface area contributed by atoms with E-state index < -0.39 is 59.4 Å². The standard InChI is InChI=1S/C48H41F6N9O4.ClH/c1-63(2,21-5-19-59-27-37-39(43(59)64)41(31-15-11-29(25-55)12-16-31)57-45(66)61(37)35-9-3-7-33(23-35)47(49,50)51)22-6-20-60-28-38-40(44(60)65)42(32-17-13-30(26-56)14-18-32)58-46(67)62(38)36-10-4-8-34(24-36)48(52,53)54;/h3-4,7-18,23-24,41-42H,5-6,19-22,27-28H2,1-2H3,(H-,57,58,66,67);1H/t41-,42-;/m1./s1. The van der Waals surface area contributed by atoms with Crippen molar-refractivity contribution in [2.24, 2.45) is 0 Å². The quantitative estimate of drug-likeness (QED) is 0.154. The molecule has 4 aliphatic rings. The Bertz CT molecular complexity index is 2630. The van der Waals surface area contributed by atoms with Crippen LogP contribution in [-0.4, -0.2) is 91.5 Å². The molecule has 0 fully saturated rings. The van der Waals surface area contributed by atoms with E-state index in [1.165, 1.54) is 24.3 Å². The Labute approximate surface area is 393 Å². The van der Waals surface area contributed by atoms with Crippen LogP contribution in [0.2, 0.25) is 0 Å². The van der Waals surface area contributed by atoms with E-state index in [1.54, 1.807) is 58.3 Å². The fraction of sp³-hybridized carbons (Fsp3) is 0.292. The summed E-state index contributed by atoms with van der Waals surface area (Å²) in [6.45, 7) is 1.47. The van der Waals surface area contributed by atoms with Crippen molar-refractivity contribution in [1.82, 2.24) is 20.4 Å². The number of rotatable bonds is 12. The maximum absolute atomic E-state index is 14.2. The molecule has 0 saturated carbocycles. The molecule has 4 aromatic carbocycles. The highest BCUT2D eigenvalue weighted by Crippen LogP contribution is 2.42. The number of carbonyl (C=O) groups is 4. The molecule has 0 spiro atoms. The number of hydrogen-bond acceptors (Lipinski definition) is 6. The number of carbonyl (C=O) groups excluding carboxylic acids is 4. The summed E-state index contributed by atoms with van der Waals surface area (Å²) in [7, 11) is 3.95. The number of nitrogens with one attached hydrogen (secondary N) is 2. The predicted molar refractivity (Wildman–Crippen MR) is 231 cm³/mol. The molecular weight excluding hydrogens is 916 g/mol. The van der Waals surface area contributed by atoms with Gasteiger partial charge in [0.2, 0.25) is 0 Å². The predicted octanol–water partition coefficient (Wildman–Crippen LogP) is 4.76. The van der Waals surface area contributed by atoms with Gasteiger partial charge in [-0.25, -0.2) is 9.59 Å². The van der Waals surface area contributed by atoms with E-state index in [2.05, 4.69) is 10.6 Å². The number of urea groups is 2. The maximum Gasteiger partial charge on any atom is 0.416 e. The maximum atomic E-state index is 14.2. The van der Waals surface area contributed by atoms with Gasteiger partial charge in [-0.15, -0.1) is 0 Å². The number of nitriles is 2. The van der Waals surface area contributed by atoms with Gasteiger partial charge in [-0.2, -0.15) is 36.9 Å². The van der Waals surface area contributed by atoms with E-state index in [4.69, 9.17) is 0 Å². The summed E-state index contributed by atoms with van der Waals surface area (Å²) in [5.41, 5.74) is 0.587. The van der Waals surface area contributed by atoms with Crippen molar-refractivity contribution in [2.75, 3.05) is 63.2 Å². The van der Waals surface area contributed by atoms with Gasteiger partial charge >= 0.3 is 24.4 Å². The molecule has 0 bridgehead atoms. The number of amides is 6. The summed E-state index contributed by atoms with van der Waals surface area (Å²) in [4.78, 5) is 61.2. The molecule has 352 valence electrons. The number of quaternary nitrogens is 1. The van der Waals surface area contributed by atoms with E-state index in [-0.39, 0.29) is 72.5 Å². The van der Waals surface area contributed by atoms with Gasteiger partial charge in [0.25, 0.3) is 11.8 Å². The van der Waals surface area contributed by atoms with Crippen LogP contribution < -0.4 is 32.8 Å². The second-order valence-electron chi connectivity index (χ2n) is 17.3. The van der Waals surface area contributed by atoms with E-state index in [9.17, 15) is 56.0 Å². The van der Waals surface area contributed by atoms with Crippen LogP contribution in [0.4, 0.5) is 47.3 Å². The van der Waals surface area contributed by atoms with E-state index in [0.717, 1.165) is 34.1 Å². The molecule has 13 nitrogen and oxygen atoms in total. The number of halogens is 7. The molecule has 4 aliphatic heterocycles. The summed E-state index contributed by atoms with van der Waals surface area (Å²) in [5.74, 6) is -0.802.